The number of rotatable bonds is 6. The average molecular weight is 466 g/mol. The molecule has 0 atom stereocenters. The molecule has 0 aliphatic carbocycles. The molecule has 0 spiro atoms. The van der Waals surface area contributed by atoms with E-state index < -0.39 is 0 Å². The standard InChI is InChI=1S/C21H16BrN5OS/c22-17-10-12-18(13-11-17)23-20(28)16-8-6-15(7-9-16)14-29-21-24-25-26-27(21)19-4-2-1-3-5-19/h1-13H,14H2,(H,23,28). The molecule has 4 rings (SSSR count). The summed E-state index contributed by atoms with van der Waals surface area (Å²) in [6.45, 7) is 0. The van der Waals surface area contributed by atoms with Gasteiger partial charge in [0.1, 0.15) is 0 Å². The molecule has 0 aliphatic heterocycles. The summed E-state index contributed by atoms with van der Waals surface area (Å²) in [5.41, 5.74) is 3.36. The lowest BCUT2D eigenvalue weighted by Crippen LogP contribution is -2.11. The van der Waals surface area contributed by atoms with Gasteiger partial charge in [0.25, 0.3) is 5.91 Å². The number of aromatic nitrogens is 4. The first kappa shape index (κ1) is 19.4. The molecule has 29 heavy (non-hydrogen) atoms. The van der Waals surface area contributed by atoms with E-state index in [9.17, 15) is 4.79 Å². The molecular weight excluding hydrogens is 450 g/mol. The molecule has 0 bridgehead atoms. The topological polar surface area (TPSA) is 72.7 Å². The van der Waals surface area contributed by atoms with Crippen LogP contribution in [0.5, 0.6) is 0 Å². The van der Waals surface area contributed by atoms with Gasteiger partial charge < -0.3 is 5.32 Å². The fourth-order valence-corrected chi connectivity index (χ4v) is 3.75. The van der Waals surface area contributed by atoms with Crippen LogP contribution >= 0.6 is 27.7 Å². The van der Waals surface area contributed by atoms with Crippen molar-refractivity contribution in [2.45, 2.75) is 10.9 Å². The molecule has 144 valence electrons. The second-order valence-corrected chi connectivity index (χ2v) is 8.01. The number of carbonyl (C=O) groups is 1. The van der Waals surface area contributed by atoms with Gasteiger partial charge in [0.05, 0.1) is 5.69 Å². The van der Waals surface area contributed by atoms with E-state index >= 15 is 0 Å². The summed E-state index contributed by atoms with van der Waals surface area (Å²) in [6, 6.07) is 24.8. The smallest absolute Gasteiger partial charge is 0.255 e. The first-order valence-corrected chi connectivity index (χ1v) is 10.6. The van der Waals surface area contributed by atoms with Crippen LogP contribution in [0.3, 0.4) is 0 Å². The zero-order valence-electron chi connectivity index (χ0n) is 15.2. The Kier molecular flexibility index (Phi) is 6.02. The summed E-state index contributed by atoms with van der Waals surface area (Å²) < 4.78 is 2.68. The van der Waals surface area contributed by atoms with Crippen molar-refractivity contribution in [3.05, 3.63) is 94.5 Å². The zero-order chi connectivity index (χ0) is 20.1. The fraction of sp³-hybridized carbons (Fsp3) is 0.0476. The van der Waals surface area contributed by atoms with E-state index in [1.54, 1.807) is 16.4 Å². The number of nitrogens with one attached hydrogen (secondary N) is 1. The Hall–Kier alpha value is -2.97. The lowest BCUT2D eigenvalue weighted by molar-refractivity contribution is 0.102. The van der Waals surface area contributed by atoms with Crippen molar-refractivity contribution in [2.24, 2.45) is 0 Å². The van der Waals surface area contributed by atoms with Crippen molar-refractivity contribution in [3.8, 4) is 5.69 Å². The number of benzene rings is 3. The van der Waals surface area contributed by atoms with Gasteiger partial charge in [-0.3, -0.25) is 4.79 Å². The number of nitrogens with zero attached hydrogens (tertiary/aromatic N) is 4. The predicted molar refractivity (Wildman–Crippen MR) is 117 cm³/mol. The molecule has 4 aromatic rings. The van der Waals surface area contributed by atoms with Crippen molar-refractivity contribution in [1.29, 1.82) is 0 Å². The molecule has 3 aromatic carbocycles. The average Bonchev–Trinajstić information content (AvgIpc) is 3.23. The van der Waals surface area contributed by atoms with E-state index in [0.29, 0.717) is 16.5 Å². The number of amides is 1. The molecule has 1 heterocycles. The second-order valence-electron chi connectivity index (χ2n) is 6.16. The molecule has 0 radical (unpaired) electrons. The predicted octanol–water partition coefficient (Wildman–Crippen LogP) is 4.97. The van der Waals surface area contributed by atoms with Crippen molar-refractivity contribution < 1.29 is 4.79 Å². The van der Waals surface area contributed by atoms with Gasteiger partial charge in [-0.1, -0.05) is 58.0 Å². The number of halogens is 1. The van der Waals surface area contributed by atoms with Gasteiger partial charge >= 0.3 is 0 Å². The lowest BCUT2D eigenvalue weighted by Gasteiger charge is -2.07. The van der Waals surface area contributed by atoms with Gasteiger partial charge in [-0.05, 0) is 64.5 Å². The van der Waals surface area contributed by atoms with Crippen LogP contribution in [0.2, 0.25) is 0 Å². The fourth-order valence-electron chi connectivity index (χ4n) is 2.64. The first-order chi connectivity index (χ1) is 14.2. The highest BCUT2D eigenvalue weighted by molar-refractivity contribution is 9.10. The van der Waals surface area contributed by atoms with Crippen LogP contribution in [-0.2, 0) is 5.75 Å². The van der Waals surface area contributed by atoms with Gasteiger partial charge in [0.2, 0.25) is 5.16 Å². The Morgan fingerprint density at radius 1 is 0.966 bits per heavy atom. The monoisotopic (exact) mass is 465 g/mol. The second kappa shape index (κ2) is 9.02. The minimum Gasteiger partial charge on any atom is -0.322 e. The maximum absolute atomic E-state index is 12.4. The number of hydrogen-bond acceptors (Lipinski definition) is 5. The van der Waals surface area contributed by atoms with Crippen LogP contribution in [0.15, 0.2) is 88.5 Å². The molecule has 1 amide bonds. The van der Waals surface area contributed by atoms with E-state index in [2.05, 4.69) is 36.8 Å². The van der Waals surface area contributed by atoms with E-state index in [4.69, 9.17) is 0 Å². The summed E-state index contributed by atoms with van der Waals surface area (Å²) in [7, 11) is 0. The van der Waals surface area contributed by atoms with Crippen LogP contribution in [0, 0.1) is 0 Å². The minimum atomic E-state index is -0.139. The van der Waals surface area contributed by atoms with Crippen LogP contribution in [0.4, 0.5) is 5.69 Å². The Balaban J connectivity index is 1.38. The number of para-hydroxylation sites is 1. The van der Waals surface area contributed by atoms with Crippen molar-refractivity contribution in [2.75, 3.05) is 5.32 Å². The third-order valence-corrected chi connectivity index (χ3v) is 5.65. The SMILES string of the molecule is O=C(Nc1ccc(Br)cc1)c1ccc(CSc2nnnn2-c2ccccc2)cc1. The van der Waals surface area contributed by atoms with Gasteiger partial charge in [-0.2, -0.15) is 4.68 Å². The summed E-state index contributed by atoms with van der Waals surface area (Å²) in [6.07, 6.45) is 0. The number of tetrazole rings is 1. The van der Waals surface area contributed by atoms with Crippen molar-refractivity contribution in [3.63, 3.8) is 0 Å². The highest BCUT2D eigenvalue weighted by Gasteiger charge is 2.10. The van der Waals surface area contributed by atoms with Gasteiger partial charge in [0, 0.05) is 21.5 Å². The molecule has 0 aliphatic rings. The molecule has 0 saturated heterocycles. The van der Waals surface area contributed by atoms with Gasteiger partial charge in [-0.25, -0.2) is 0 Å². The largest absolute Gasteiger partial charge is 0.322 e. The van der Waals surface area contributed by atoms with Crippen molar-refractivity contribution >= 4 is 39.3 Å². The minimum absolute atomic E-state index is 0.139. The van der Waals surface area contributed by atoms with Crippen LogP contribution in [-0.4, -0.2) is 26.1 Å². The quantitative estimate of drug-likeness (QED) is 0.407. The van der Waals surface area contributed by atoms with Crippen LogP contribution in [0.1, 0.15) is 15.9 Å². The van der Waals surface area contributed by atoms with Crippen molar-refractivity contribution in [1.82, 2.24) is 20.2 Å². The number of thioether (sulfide) groups is 1. The zero-order valence-corrected chi connectivity index (χ0v) is 17.6. The normalized spacial score (nSPS) is 10.7. The molecule has 1 N–H and O–H groups in total. The summed E-state index contributed by atoms with van der Waals surface area (Å²) >= 11 is 4.92. The van der Waals surface area contributed by atoms with Gasteiger partial charge in [0.15, 0.2) is 0 Å². The summed E-state index contributed by atoms with van der Waals surface area (Å²) in [4.78, 5) is 12.4. The van der Waals surface area contributed by atoms with Crippen LogP contribution in [0.25, 0.3) is 5.69 Å². The Bertz CT molecular complexity index is 1100. The highest BCUT2D eigenvalue weighted by atomic mass is 79.9. The molecular formula is C21H16BrN5OS. The van der Waals surface area contributed by atoms with E-state index in [1.165, 1.54) is 0 Å². The van der Waals surface area contributed by atoms with Crippen LogP contribution < -0.4 is 5.32 Å². The Morgan fingerprint density at radius 2 is 1.69 bits per heavy atom. The molecule has 8 heteroatoms. The lowest BCUT2D eigenvalue weighted by atomic mass is 10.1. The molecule has 1 aromatic heterocycles. The first-order valence-electron chi connectivity index (χ1n) is 8.81. The summed E-state index contributed by atoms with van der Waals surface area (Å²) in [5.74, 6) is 0.557. The molecule has 0 fully saturated rings. The number of hydrogen-bond donors (Lipinski definition) is 1. The maximum Gasteiger partial charge on any atom is 0.255 e. The third-order valence-electron chi connectivity index (χ3n) is 4.13. The van der Waals surface area contributed by atoms with E-state index in [0.717, 1.165) is 21.4 Å². The Morgan fingerprint density at radius 3 is 2.41 bits per heavy atom. The van der Waals surface area contributed by atoms with E-state index in [1.807, 2.05) is 78.9 Å². The Labute approximate surface area is 180 Å². The third kappa shape index (κ3) is 4.90. The summed E-state index contributed by atoms with van der Waals surface area (Å²) in [5, 5.41) is 15.5. The number of carbonyl (C=O) groups excluding carboxylic acids is 1. The number of anilines is 1. The van der Waals surface area contributed by atoms with Gasteiger partial charge in [-0.15, -0.1) is 5.10 Å². The molecule has 0 saturated carbocycles. The molecule has 0 unspecified atom stereocenters. The van der Waals surface area contributed by atoms with E-state index in [-0.39, 0.29) is 5.91 Å². The molecule has 6 nitrogen and oxygen atoms in total. The highest BCUT2D eigenvalue weighted by Crippen LogP contribution is 2.23. The maximum atomic E-state index is 12.4.